The molecule has 1 nitrogen and oxygen atoms in total. The number of hydrogen-bond donors (Lipinski definition) is 0. The lowest BCUT2D eigenvalue weighted by Crippen LogP contribution is -1.65. The largest absolute Gasteiger partial charge is 0.228 e. The van der Waals surface area contributed by atoms with E-state index < -0.39 is 0 Å². The van der Waals surface area contributed by atoms with Gasteiger partial charge in [-0.1, -0.05) is 37.0 Å². The Morgan fingerprint density at radius 3 is 2.80 bits per heavy atom. The first kappa shape index (κ1) is 9.02. The Hall–Kier alpha value is -0.980. The van der Waals surface area contributed by atoms with Crippen LogP contribution in [0.2, 0.25) is 0 Å². The van der Waals surface area contributed by atoms with E-state index in [1.807, 2.05) is 24.3 Å². The summed E-state index contributed by atoms with van der Waals surface area (Å²) in [5.74, 6) is 0. The van der Waals surface area contributed by atoms with E-state index in [4.69, 9.17) is 0 Å². The second kappa shape index (κ2) is 8.02. The van der Waals surface area contributed by atoms with Crippen LogP contribution in [0.5, 0.6) is 0 Å². The van der Waals surface area contributed by atoms with Crippen LogP contribution in [0.15, 0.2) is 42.0 Å². The van der Waals surface area contributed by atoms with Gasteiger partial charge >= 0.3 is 0 Å². The molecule has 0 aliphatic rings. The molecule has 0 amide bonds. The minimum absolute atomic E-state index is 0.602. The van der Waals surface area contributed by atoms with Gasteiger partial charge in [0, 0.05) is 0 Å². The quantitative estimate of drug-likeness (QED) is 0.341. The second-order valence-electron chi connectivity index (χ2n) is 1.48. The molecule has 0 spiro atoms. The third-order valence-corrected chi connectivity index (χ3v) is 0.885. The zero-order valence-electron chi connectivity index (χ0n) is 5.66. The lowest BCUT2D eigenvalue weighted by molar-refractivity contribution is 1.27. The first-order valence-electron chi connectivity index (χ1n) is 2.89. The Bertz CT molecular complexity index is 185. The van der Waals surface area contributed by atoms with Crippen molar-refractivity contribution in [1.29, 1.82) is 0 Å². The fourth-order valence-corrected chi connectivity index (χ4v) is 0.447. The maximum absolute atomic E-state index is 4.37. The molecule has 0 saturated carbocycles. The average molecular weight is 151 g/mol. The van der Waals surface area contributed by atoms with Gasteiger partial charge in [0.1, 0.15) is 0 Å². The summed E-state index contributed by atoms with van der Waals surface area (Å²) in [6, 6.07) is 0. The zero-order valence-corrected chi connectivity index (χ0v) is 6.47. The minimum Gasteiger partial charge on any atom is -0.228 e. The standard InChI is InChI=1S/C8H9NS/c1-2-3-4-5-6-7-9-8-10/h2-6H,1,7H2/b4-3-,6-5+. The monoisotopic (exact) mass is 151 g/mol. The summed E-state index contributed by atoms with van der Waals surface area (Å²) < 4.78 is 0. The predicted octanol–water partition coefficient (Wildman–Crippen LogP) is 2.39. The summed E-state index contributed by atoms with van der Waals surface area (Å²) in [6.07, 6.45) is 9.22. The molecule has 0 aromatic rings. The SMILES string of the molecule is C=C/C=C\C=C\CN=C=S. The molecular weight excluding hydrogens is 142 g/mol. The van der Waals surface area contributed by atoms with E-state index >= 15 is 0 Å². The van der Waals surface area contributed by atoms with Crippen molar-refractivity contribution >= 4 is 17.4 Å². The van der Waals surface area contributed by atoms with E-state index in [-0.39, 0.29) is 0 Å². The van der Waals surface area contributed by atoms with Crippen LogP contribution in [0.25, 0.3) is 0 Å². The molecular formula is C8H9NS. The Balaban J connectivity index is 3.46. The molecule has 0 aromatic carbocycles. The summed E-state index contributed by atoms with van der Waals surface area (Å²) in [5.41, 5.74) is 0. The molecule has 0 rings (SSSR count). The van der Waals surface area contributed by atoms with Crippen LogP contribution >= 0.6 is 12.2 Å². The van der Waals surface area contributed by atoms with Crippen molar-refractivity contribution in [2.24, 2.45) is 4.99 Å². The fourth-order valence-electron chi connectivity index (χ4n) is 0.372. The molecule has 52 valence electrons. The highest BCUT2D eigenvalue weighted by molar-refractivity contribution is 7.78. The van der Waals surface area contributed by atoms with Crippen LogP contribution in [-0.2, 0) is 0 Å². The Morgan fingerprint density at radius 1 is 1.40 bits per heavy atom. The molecule has 0 atom stereocenters. The Labute approximate surface area is 66.5 Å². The zero-order chi connectivity index (χ0) is 7.66. The molecule has 0 aliphatic carbocycles. The van der Waals surface area contributed by atoms with Gasteiger partial charge in [-0.05, 0) is 12.2 Å². The first-order valence-corrected chi connectivity index (χ1v) is 3.30. The topological polar surface area (TPSA) is 12.4 Å². The molecule has 10 heavy (non-hydrogen) atoms. The number of thiocarbonyl (C=S) groups is 1. The maximum atomic E-state index is 4.37. The number of allylic oxidation sites excluding steroid dienone is 4. The van der Waals surface area contributed by atoms with E-state index in [0.717, 1.165) is 0 Å². The molecule has 0 aromatic heterocycles. The molecule has 0 radical (unpaired) electrons. The summed E-state index contributed by atoms with van der Waals surface area (Å²) >= 11 is 4.37. The molecule has 0 aliphatic heterocycles. The third kappa shape index (κ3) is 7.02. The van der Waals surface area contributed by atoms with Crippen LogP contribution in [0, 0.1) is 0 Å². The van der Waals surface area contributed by atoms with E-state index in [0.29, 0.717) is 6.54 Å². The third-order valence-electron chi connectivity index (χ3n) is 0.756. The number of hydrogen-bond acceptors (Lipinski definition) is 2. The second-order valence-corrected chi connectivity index (χ2v) is 1.66. The highest BCUT2D eigenvalue weighted by Crippen LogP contribution is 1.78. The van der Waals surface area contributed by atoms with E-state index in [1.54, 1.807) is 6.08 Å². The number of nitrogens with zero attached hydrogens (tertiary/aromatic N) is 1. The molecule has 2 heteroatoms. The normalized spacial score (nSPS) is 10.0. The number of aliphatic imine (C=N–C) groups is 1. The smallest absolute Gasteiger partial charge is 0.0677 e. The highest BCUT2D eigenvalue weighted by atomic mass is 32.1. The molecule has 0 unspecified atom stereocenters. The van der Waals surface area contributed by atoms with Crippen molar-refractivity contribution in [3.05, 3.63) is 37.0 Å². The number of isothiocyanates is 1. The van der Waals surface area contributed by atoms with Crippen LogP contribution in [0.3, 0.4) is 0 Å². The van der Waals surface area contributed by atoms with Crippen LogP contribution in [0.4, 0.5) is 0 Å². The Morgan fingerprint density at radius 2 is 2.20 bits per heavy atom. The number of rotatable bonds is 4. The first-order chi connectivity index (χ1) is 4.91. The van der Waals surface area contributed by atoms with Crippen molar-refractivity contribution in [3.63, 3.8) is 0 Å². The van der Waals surface area contributed by atoms with Crippen LogP contribution in [0.1, 0.15) is 0 Å². The lowest BCUT2D eigenvalue weighted by atomic mass is 10.4. The summed E-state index contributed by atoms with van der Waals surface area (Å²) in [4.78, 5) is 3.69. The summed E-state index contributed by atoms with van der Waals surface area (Å²) in [7, 11) is 0. The maximum Gasteiger partial charge on any atom is 0.0677 e. The van der Waals surface area contributed by atoms with Gasteiger partial charge in [-0.25, -0.2) is 4.99 Å². The van der Waals surface area contributed by atoms with Gasteiger partial charge in [0.25, 0.3) is 0 Å². The van der Waals surface area contributed by atoms with Gasteiger partial charge in [-0.15, -0.1) is 0 Å². The van der Waals surface area contributed by atoms with Crippen molar-refractivity contribution in [3.8, 4) is 0 Å². The van der Waals surface area contributed by atoms with E-state index in [9.17, 15) is 0 Å². The van der Waals surface area contributed by atoms with E-state index in [2.05, 4.69) is 29.0 Å². The lowest BCUT2D eigenvalue weighted by Gasteiger charge is -1.74. The van der Waals surface area contributed by atoms with Crippen LogP contribution in [-0.4, -0.2) is 11.7 Å². The average Bonchev–Trinajstić information content (AvgIpc) is 1.97. The van der Waals surface area contributed by atoms with Gasteiger partial charge in [-0.3, -0.25) is 0 Å². The van der Waals surface area contributed by atoms with Gasteiger partial charge < -0.3 is 0 Å². The summed E-state index contributed by atoms with van der Waals surface area (Å²) in [5, 5.41) is 2.27. The summed E-state index contributed by atoms with van der Waals surface area (Å²) in [6.45, 7) is 4.12. The minimum atomic E-state index is 0.602. The van der Waals surface area contributed by atoms with Gasteiger partial charge in [0.2, 0.25) is 0 Å². The van der Waals surface area contributed by atoms with E-state index in [1.165, 1.54) is 0 Å². The molecule has 0 heterocycles. The van der Waals surface area contributed by atoms with Crippen molar-refractivity contribution < 1.29 is 0 Å². The van der Waals surface area contributed by atoms with Gasteiger partial charge in [0.05, 0.1) is 11.7 Å². The predicted molar refractivity (Wildman–Crippen MR) is 48.4 cm³/mol. The van der Waals surface area contributed by atoms with Crippen molar-refractivity contribution in [2.45, 2.75) is 0 Å². The van der Waals surface area contributed by atoms with Gasteiger partial charge in [0.15, 0.2) is 0 Å². The molecule has 0 bridgehead atoms. The highest BCUT2D eigenvalue weighted by Gasteiger charge is 1.64. The molecule has 0 N–H and O–H groups in total. The van der Waals surface area contributed by atoms with Crippen molar-refractivity contribution in [1.82, 2.24) is 0 Å². The van der Waals surface area contributed by atoms with Gasteiger partial charge in [-0.2, -0.15) is 0 Å². The fraction of sp³-hybridized carbons (Fsp3) is 0.125. The molecule has 0 saturated heterocycles. The Kier molecular flexibility index (Phi) is 7.23. The van der Waals surface area contributed by atoms with Crippen molar-refractivity contribution in [2.75, 3.05) is 6.54 Å². The van der Waals surface area contributed by atoms with Crippen LogP contribution < -0.4 is 0 Å². The molecule has 0 fully saturated rings.